The average Bonchev–Trinajstić information content (AvgIpc) is 2.98. The Morgan fingerprint density at radius 3 is 2.88 bits per heavy atom. The summed E-state index contributed by atoms with van der Waals surface area (Å²) in [5.74, 6) is -0.0269. The Hall–Kier alpha value is -0.900. The minimum atomic E-state index is -0.0269. The van der Waals surface area contributed by atoms with Gasteiger partial charge in [-0.05, 0) is 24.7 Å². The van der Waals surface area contributed by atoms with Gasteiger partial charge in [0.25, 0.3) is 5.91 Å². The topological polar surface area (TPSA) is 42.0 Å². The number of rotatable bonds is 4. The van der Waals surface area contributed by atoms with Gasteiger partial charge < -0.3 is 5.32 Å². The second kappa shape index (κ2) is 4.95. The molecule has 0 spiro atoms. The number of nitrogens with one attached hydrogen (secondary N) is 1. The molecule has 4 heteroatoms. The summed E-state index contributed by atoms with van der Waals surface area (Å²) in [5.41, 5.74) is 2.60. The van der Waals surface area contributed by atoms with Gasteiger partial charge in [0.15, 0.2) is 0 Å². The van der Waals surface area contributed by atoms with Gasteiger partial charge in [-0.25, -0.2) is 4.98 Å². The second-order valence-electron chi connectivity index (χ2n) is 4.62. The van der Waals surface area contributed by atoms with Crippen LogP contribution in [-0.4, -0.2) is 17.4 Å². The maximum atomic E-state index is 11.8. The van der Waals surface area contributed by atoms with E-state index in [1.807, 2.05) is 0 Å². The zero-order valence-electron chi connectivity index (χ0n) is 9.66. The summed E-state index contributed by atoms with van der Waals surface area (Å²) in [6.07, 6.45) is 6.27. The van der Waals surface area contributed by atoms with Crippen LogP contribution < -0.4 is 5.32 Å². The zero-order valence-corrected chi connectivity index (χ0v) is 10.5. The molecule has 1 N–H and O–H groups in total. The van der Waals surface area contributed by atoms with Crippen molar-refractivity contribution in [1.29, 1.82) is 0 Å². The maximum absolute atomic E-state index is 11.8. The molecule has 16 heavy (non-hydrogen) atoms. The molecule has 1 aliphatic rings. The number of carbonyl (C=O) groups is 1. The molecule has 0 saturated heterocycles. The molecule has 3 nitrogen and oxygen atoms in total. The molecule has 1 aromatic heterocycles. The molecule has 1 aliphatic carbocycles. The summed E-state index contributed by atoms with van der Waals surface area (Å²) in [5, 5.41) is 4.82. The van der Waals surface area contributed by atoms with Crippen LogP contribution in [0.3, 0.4) is 0 Å². The molecule has 0 atom stereocenters. The lowest BCUT2D eigenvalue weighted by Crippen LogP contribution is -2.35. The van der Waals surface area contributed by atoms with Crippen LogP contribution in [0.1, 0.15) is 49.5 Å². The molecule has 1 fully saturated rings. The van der Waals surface area contributed by atoms with E-state index in [4.69, 9.17) is 0 Å². The number of hydrogen-bond donors (Lipinski definition) is 1. The van der Waals surface area contributed by atoms with Crippen LogP contribution in [0.25, 0.3) is 0 Å². The van der Waals surface area contributed by atoms with Crippen LogP contribution >= 0.6 is 11.3 Å². The van der Waals surface area contributed by atoms with Gasteiger partial charge in [-0.3, -0.25) is 4.79 Å². The van der Waals surface area contributed by atoms with Gasteiger partial charge in [-0.2, -0.15) is 0 Å². The van der Waals surface area contributed by atoms with Gasteiger partial charge in [0.05, 0.1) is 5.51 Å². The number of nitrogens with zero attached hydrogens (tertiary/aromatic N) is 1. The Kier molecular flexibility index (Phi) is 3.59. The van der Waals surface area contributed by atoms with Crippen LogP contribution in [0, 0.1) is 5.41 Å². The minimum absolute atomic E-state index is 0.0269. The van der Waals surface area contributed by atoms with Crippen LogP contribution in [0.4, 0.5) is 0 Å². The third-order valence-electron chi connectivity index (χ3n) is 3.70. The van der Waals surface area contributed by atoms with Gasteiger partial charge in [-0.1, -0.05) is 19.8 Å². The average molecular weight is 238 g/mol. The highest BCUT2D eigenvalue weighted by Crippen LogP contribution is 2.40. The van der Waals surface area contributed by atoms with Crippen molar-refractivity contribution in [3.8, 4) is 0 Å². The Morgan fingerprint density at radius 2 is 2.31 bits per heavy atom. The Morgan fingerprint density at radius 1 is 1.56 bits per heavy atom. The van der Waals surface area contributed by atoms with E-state index in [1.165, 1.54) is 37.0 Å². The molecule has 2 rings (SSSR count). The number of amides is 1. The van der Waals surface area contributed by atoms with E-state index < -0.39 is 0 Å². The first-order valence-electron chi connectivity index (χ1n) is 5.92. The Labute approximate surface area is 100 Å². The quantitative estimate of drug-likeness (QED) is 0.876. The highest BCUT2D eigenvalue weighted by atomic mass is 32.1. The van der Waals surface area contributed by atoms with Gasteiger partial charge in [0.1, 0.15) is 5.69 Å². The Balaban J connectivity index is 1.89. The summed E-state index contributed by atoms with van der Waals surface area (Å²) in [4.78, 5) is 15.8. The molecule has 1 heterocycles. The van der Waals surface area contributed by atoms with Crippen molar-refractivity contribution in [1.82, 2.24) is 10.3 Å². The summed E-state index contributed by atoms with van der Waals surface area (Å²) in [6.45, 7) is 3.03. The van der Waals surface area contributed by atoms with Crippen LogP contribution in [-0.2, 0) is 0 Å². The van der Waals surface area contributed by atoms with Gasteiger partial charge in [0.2, 0.25) is 0 Å². The monoisotopic (exact) mass is 238 g/mol. The third kappa shape index (κ3) is 2.43. The van der Waals surface area contributed by atoms with Crippen molar-refractivity contribution < 1.29 is 4.79 Å². The lowest BCUT2D eigenvalue weighted by molar-refractivity contribution is 0.0924. The normalized spacial score (nSPS) is 18.6. The molecule has 1 amide bonds. The molecule has 88 valence electrons. The molecule has 0 aliphatic heterocycles. The molecule has 0 unspecified atom stereocenters. The van der Waals surface area contributed by atoms with Crippen molar-refractivity contribution in [2.75, 3.05) is 6.54 Å². The van der Waals surface area contributed by atoms with Crippen molar-refractivity contribution in [3.63, 3.8) is 0 Å². The summed E-state index contributed by atoms with van der Waals surface area (Å²) >= 11 is 1.46. The third-order valence-corrected chi connectivity index (χ3v) is 4.29. The first-order chi connectivity index (χ1) is 7.76. The van der Waals surface area contributed by atoms with E-state index in [0.717, 1.165) is 13.0 Å². The first-order valence-corrected chi connectivity index (χ1v) is 6.86. The fraction of sp³-hybridized carbons (Fsp3) is 0.667. The van der Waals surface area contributed by atoms with Crippen molar-refractivity contribution in [3.05, 3.63) is 16.6 Å². The SMILES string of the molecule is CCC1(CNC(=O)c2cscn2)CCCC1. The lowest BCUT2D eigenvalue weighted by Gasteiger charge is -2.27. The summed E-state index contributed by atoms with van der Waals surface area (Å²) in [6, 6.07) is 0. The fourth-order valence-corrected chi connectivity index (χ4v) is 3.00. The van der Waals surface area contributed by atoms with Crippen LogP contribution in [0.15, 0.2) is 10.9 Å². The van der Waals surface area contributed by atoms with Crippen molar-refractivity contribution in [2.45, 2.75) is 39.0 Å². The molecule has 0 aromatic carbocycles. The Bertz CT molecular complexity index is 342. The molecule has 1 aromatic rings. The minimum Gasteiger partial charge on any atom is -0.350 e. The lowest BCUT2D eigenvalue weighted by atomic mass is 9.83. The molecule has 0 radical (unpaired) electrons. The largest absolute Gasteiger partial charge is 0.350 e. The van der Waals surface area contributed by atoms with Gasteiger partial charge >= 0.3 is 0 Å². The number of thiazole rings is 1. The number of carbonyl (C=O) groups excluding carboxylic acids is 1. The molecular weight excluding hydrogens is 220 g/mol. The van der Waals surface area contributed by atoms with Crippen molar-refractivity contribution >= 4 is 17.2 Å². The van der Waals surface area contributed by atoms with E-state index in [2.05, 4.69) is 17.2 Å². The van der Waals surface area contributed by atoms with Crippen LogP contribution in [0.5, 0.6) is 0 Å². The zero-order chi connectivity index (χ0) is 11.4. The predicted molar refractivity (Wildman–Crippen MR) is 65.6 cm³/mol. The fourth-order valence-electron chi connectivity index (χ4n) is 2.46. The number of hydrogen-bond acceptors (Lipinski definition) is 3. The van der Waals surface area contributed by atoms with Crippen LogP contribution in [0.2, 0.25) is 0 Å². The predicted octanol–water partition coefficient (Wildman–Crippen LogP) is 2.84. The first kappa shape index (κ1) is 11.6. The number of aromatic nitrogens is 1. The molecule has 0 bridgehead atoms. The summed E-state index contributed by atoms with van der Waals surface area (Å²) in [7, 11) is 0. The van der Waals surface area contributed by atoms with E-state index in [1.54, 1.807) is 10.9 Å². The van der Waals surface area contributed by atoms with E-state index >= 15 is 0 Å². The van der Waals surface area contributed by atoms with E-state index in [0.29, 0.717) is 11.1 Å². The van der Waals surface area contributed by atoms with Gasteiger partial charge in [-0.15, -0.1) is 11.3 Å². The maximum Gasteiger partial charge on any atom is 0.270 e. The standard InChI is InChI=1S/C12H18N2OS/c1-2-12(5-3-4-6-12)8-13-11(15)10-7-16-9-14-10/h7,9H,2-6,8H2,1H3,(H,13,15). The molecule has 1 saturated carbocycles. The van der Waals surface area contributed by atoms with Crippen molar-refractivity contribution in [2.24, 2.45) is 5.41 Å². The molecular formula is C12H18N2OS. The summed E-state index contributed by atoms with van der Waals surface area (Å²) < 4.78 is 0. The smallest absolute Gasteiger partial charge is 0.270 e. The highest BCUT2D eigenvalue weighted by molar-refractivity contribution is 7.07. The van der Waals surface area contributed by atoms with E-state index in [-0.39, 0.29) is 5.91 Å². The second-order valence-corrected chi connectivity index (χ2v) is 5.34. The van der Waals surface area contributed by atoms with E-state index in [9.17, 15) is 4.79 Å². The highest BCUT2D eigenvalue weighted by Gasteiger charge is 2.32. The van der Waals surface area contributed by atoms with Gasteiger partial charge in [0, 0.05) is 11.9 Å².